The Balaban J connectivity index is 1.71. The summed E-state index contributed by atoms with van der Waals surface area (Å²) in [7, 11) is 3.10. The predicted molar refractivity (Wildman–Crippen MR) is 144 cm³/mol. The third kappa shape index (κ3) is 3.67. The summed E-state index contributed by atoms with van der Waals surface area (Å²) in [5.41, 5.74) is 3.73. The zero-order valence-corrected chi connectivity index (χ0v) is 21.6. The molecule has 3 aromatic carbocycles. The largest absolute Gasteiger partial charge is 0.508 e. The van der Waals surface area contributed by atoms with Gasteiger partial charge in [0.15, 0.2) is 11.4 Å². The number of aliphatic hydroxyl groups excluding tert-OH is 1. The minimum Gasteiger partial charge on any atom is -0.508 e. The Morgan fingerprint density at radius 3 is 2.36 bits per heavy atom. The van der Waals surface area contributed by atoms with Gasteiger partial charge in [0.1, 0.15) is 22.8 Å². The number of phenolic OH excluding ortho intramolecular Hbond substituents is 2. The molecule has 0 spiro atoms. The molecule has 0 aromatic heterocycles. The van der Waals surface area contributed by atoms with E-state index < -0.39 is 52.1 Å². The first-order chi connectivity index (χ1) is 18.4. The maximum atomic E-state index is 14.0. The van der Waals surface area contributed by atoms with Gasteiger partial charge in [-0.1, -0.05) is 36.4 Å². The zero-order chi connectivity index (χ0) is 28.4. The van der Waals surface area contributed by atoms with Crippen molar-refractivity contribution >= 4 is 33.9 Å². The number of aromatic hydroxyl groups is 2. The van der Waals surface area contributed by atoms with Gasteiger partial charge < -0.3 is 31.5 Å². The van der Waals surface area contributed by atoms with Crippen LogP contribution in [-0.2, 0) is 22.6 Å². The monoisotopic (exact) mass is 531 g/mol. The molecular weight excluding hydrogens is 502 g/mol. The van der Waals surface area contributed by atoms with Crippen molar-refractivity contribution in [3.63, 3.8) is 0 Å². The first-order valence-electron chi connectivity index (χ1n) is 12.4. The summed E-state index contributed by atoms with van der Waals surface area (Å²) in [5.74, 6) is -6.33. The Morgan fingerprint density at radius 1 is 1.08 bits per heavy atom. The summed E-state index contributed by atoms with van der Waals surface area (Å²) in [6.07, 6.45) is -0.0770. The van der Waals surface area contributed by atoms with Gasteiger partial charge in [0.05, 0.1) is 22.7 Å². The quantitative estimate of drug-likeness (QED) is 0.213. The number of aryl methyl sites for hydroxylation is 1. The number of anilines is 1. The Kier molecular flexibility index (Phi) is 6.12. The van der Waals surface area contributed by atoms with Gasteiger partial charge in [-0.3, -0.25) is 19.3 Å². The smallest absolute Gasteiger partial charge is 0.255 e. The Labute approximate surface area is 224 Å². The van der Waals surface area contributed by atoms with Crippen LogP contribution in [0.15, 0.2) is 53.8 Å². The molecule has 3 atom stereocenters. The summed E-state index contributed by atoms with van der Waals surface area (Å²) in [6, 6.07) is 11.7. The van der Waals surface area contributed by atoms with Crippen molar-refractivity contribution in [2.45, 2.75) is 31.5 Å². The molecule has 2 aliphatic carbocycles. The number of carbonyl (C=O) groups is 3. The minimum absolute atomic E-state index is 0.00523. The van der Waals surface area contributed by atoms with Gasteiger partial charge in [0.2, 0.25) is 5.78 Å². The van der Waals surface area contributed by atoms with Crippen LogP contribution in [0.1, 0.15) is 27.0 Å². The maximum absolute atomic E-state index is 14.0. The molecule has 10 nitrogen and oxygen atoms in total. The number of hydrogen-bond donors (Lipinski definition) is 6. The summed E-state index contributed by atoms with van der Waals surface area (Å²) in [5, 5.41) is 48.8. The van der Waals surface area contributed by atoms with Crippen molar-refractivity contribution in [2.24, 2.45) is 11.7 Å². The Hall–Kier alpha value is -4.41. The van der Waals surface area contributed by atoms with E-state index in [1.54, 1.807) is 33.2 Å². The molecule has 0 heterocycles. The Morgan fingerprint density at radius 2 is 1.74 bits per heavy atom. The van der Waals surface area contributed by atoms with Crippen LogP contribution in [0, 0.1) is 12.8 Å². The van der Waals surface area contributed by atoms with Gasteiger partial charge in [0.25, 0.3) is 5.91 Å². The summed E-state index contributed by atoms with van der Waals surface area (Å²) >= 11 is 0. The molecule has 39 heavy (non-hydrogen) atoms. The number of carbonyl (C=O) groups excluding carboxylic acids is 3. The number of phenols is 2. The molecule has 202 valence electrons. The average molecular weight is 532 g/mol. The molecule has 0 radical (unpaired) electrons. The number of nitrogens with zero attached hydrogens (tertiary/aromatic N) is 1. The van der Waals surface area contributed by atoms with Crippen LogP contribution >= 0.6 is 0 Å². The molecule has 0 unspecified atom stereocenters. The van der Waals surface area contributed by atoms with Crippen molar-refractivity contribution < 1.29 is 34.8 Å². The second-order valence-electron chi connectivity index (χ2n) is 10.3. The Bertz CT molecular complexity index is 1600. The molecular formula is C29H29N3O7. The molecule has 0 saturated heterocycles. The van der Waals surface area contributed by atoms with Crippen molar-refractivity contribution in [1.29, 1.82) is 0 Å². The summed E-state index contributed by atoms with van der Waals surface area (Å²) in [6.45, 7) is 2.11. The number of aliphatic hydroxyl groups is 2. The van der Waals surface area contributed by atoms with E-state index in [4.69, 9.17) is 5.73 Å². The molecule has 0 bridgehead atoms. The number of fused-ring (bicyclic) bond motifs is 3. The fourth-order valence-corrected chi connectivity index (χ4v) is 6.02. The number of amides is 1. The van der Waals surface area contributed by atoms with E-state index >= 15 is 0 Å². The van der Waals surface area contributed by atoms with Gasteiger partial charge in [-0.15, -0.1) is 0 Å². The zero-order valence-electron chi connectivity index (χ0n) is 21.6. The number of nitrogens with one attached hydrogen (secondary N) is 1. The number of ketones is 2. The lowest BCUT2D eigenvalue weighted by Crippen LogP contribution is -2.64. The van der Waals surface area contributed by atoms with Crippen LogP contribution in [-0.4, -0.2) is 68.5 Å². The number of likely N-dealkylation sites (N-methyl/N-ethyl adjacent to an activating group) is 1. The third-order valence-electron chi connectivity index (χ3n) is 7.97. The van der Waals surface area contributed by atoms with Crippen molar-refractivity contribution in [1.82, 2.24) is 4.90 Å². The lowest BCUT2D eigenvalue weighted by atomic mass is 9.61. The lowest BCUT2D eigenvalue weighted by molar-refractivity contribution is -0.132. The second-order valence-corrected chi connectivity index (χ2v) is 10.3. The molecule has 0 aliphatic heterocycles. The highest BCUT2D eigenvalue weighted by molar-refractivity contribution is 6.25. The van der Waals surface area contributed by atoms with Crippen LogP contribution in [0.25, 0.3) is 10.8 Å². The van der Waals surface area contributed by atoms with E-state index in [2.05, 4.69) is 5.32 Å². The summed E-state index contributed by atoms with van der Waals surface area (Å²) < 4.78 is 0. The van der Waals surface area contributed by atoms with Gasteiger partial charge >= 0.3 is 0 Å². The fraction of sp³-hybridized carbons (Fsp3) is 0.276. The number of primary amides is 1. The van der Waals surface area contributed by atoms with Crippen LogP contribution in [0.3, 0.4) is 0 Å². The van der Waals surface area contributed by atoms with Crippen LogP contribution in [0.5, 0.6) is 11.5 Å². The fourth-order valence-electron chi connectivity index (χ4n) is 6.02. The minimum atomic E-state index is -2.70. The molecule has 1 amide bonds. The second kappa shape index (κ2) is 9.11. The highest BCUT2D eigenvalue weighted by Crippen LogP contribution is 2.51. The first kappa shape index (κ1) is 26.2. The van der Waals surface area contributed by atoms with E-state index in [1.807, 2.05) is 30.3 Å². The predicted octanol–water partition coefficient (Wildman–Crippen LogP) is 2.07. The molecule has 7 N–H and O–H groups in total. The van der Waals surface area contributed by atoms with Gasteiger partial charge in [-0.2, -0.15) is 0 Å². The van der Waals surface area contributed by atoms with E-state index in [9.17, 15) is 34.8 Å². The van der Waals surface area contributed by atoms with Gasteiger partial charge in [-0.05, 0) is 55.6 Å². The average Bonchev–Trinajstić information content (AvgIpc) is 2.88. The molecule has 2 aliphatic rings. The van der Waals surface area contributed by atoms with E-state index in [0.717, 1.165) is 5.56 Å². The number of rotatable bonds is 5. The SMILES string of the molecule is Cc1c2c(c(O)c3c(O)c(NCc4ccccc4)ccc13)C(=O)[C@]1(O)C(O)=C(C(N)=O)C(=O)[C@@H](N(C)C)[C@@H]1C2. The summed E-state index contributed by atoms with van der Waals surface area (Å²) in [4.78, 5) is 40.7. The maximum Gasteiger partial charge on any atom is 0.255 e. The molecule has 0 fully saturated rings. The highest BCUT2D eigenvalue weighted by atomic mass is 16.3. The standard InChI is InChI=1S/C29H29N3O7/c1-13-15-9-10-18(31-12-14-7-5-4-6-8-14)23(33)19(15)24(34)20-16(13)11-17-22(32(2)3)25(35)21(28(30)38)27(37)29(17,39)26(20)36/h4-10,17,22,31,33-34,37,39H,11-12H2,1-3H3,(H2,30,38)/t17-,22-,29-/m0/s1. The normalized spacial score (nSPS) is 22.7. The van der Waals surface area contributed by atoms with Gasteiger partial charge in [0, 0.05) is 12.5 Å². The third-order valence-corrected chi connectivity index (χ3v) is 7.97. The van der Waals surface area contributed by atoms with Crippen molar-refractivity contribution in [3.05, 3.63) is 76.1 Å². The number of benzene rings is 3. The number of Topliss-reactive ketones (excluding diaryl/α,β-unsaturated/α-hetero) is 2. The van der Waals surface area contributed by atoms with E-state index in [-0.39, 0.29) is 23.1 Å². The van der Waals surface area contributed by atoms with Crippen molar-refractivity contribution in [3.8, 4) is 11.5 Å². The molecule has 3 aromatic rings. The van der Waals surface area contributed by atoms with Crippen LogP contribution < -0.4 is 11.1 Å². The molecule has 5 rings (SSSR count). The van der Waals surface area contributed by atoms with Crippen LogP contribution in [0.2, 0.25) is 0 Å². The van der Waals surface area contributed by atoms with E-state index in [1.165, 1.54) is 4.90 Å². The van der Waals surface area contributed by atoms with Crippen LogP contribution in [0.4, 0.5) is 5.69 Å². The molecule has 10 heteroatoms. The topological polar surface area (TPSA) is 173 Å². The lowest BCUT2D eigenvalue weighted by Gasteiger charge is -2.47. The number of hydrogen-bond acceptors (Lipinski definition) is 9. The van der Waals surface area contributed by atoms with Crippen molar-refractivity contribution in [2.75, 3.05) is 19.4 Å². The van der Waals surface area contributed by atoms with E-state index in [0.29, 0.717) is 28.7 Å². The highest BCUT2D eigenvalue weighted by Gasteiger charge is 2.62. The molecule has 0 saturated carbocycles. The number of nitrogens with two attached hydrogens (primary N) is 1. The first-order valence-corrected chi connectivity index (χ1v) is 12.4. The van der Waals surface area contributed by atoms with Gasteiger partial charge in [-0.25, -0.2) is 0 Å².